The number of hydrogen-bond acceptors (Lipinski definition) is 4. The zero-order chi connectivity index (χ0) is 19.4. The second kappa shape index (κ2) is 8.39. The molecule has 0 unspecified atom stereocenters. The lowest BCUT2D eigenvalue weighted by Crippen LogP contribution is -2.41. The van der Waals surface area contributed by atoms with Gasteiger partial charge < -0.3 is 15.1 Å². The smallest absolute Gasteiger partial charge is 0.253 e. The van der Waals surface area contributed by atoms with E-state index in [4.69, 9.17) is 11.6 Å². The number of rotatable bonds is 4. The fourth-order valence-electron chi connectivity index (χ4n) is 3.09. The molecule has 0 atom stereocenters. The first kappa shape index (κ1) is 19.2. The average molecular weight is 387 g/mol. The van der Waals surface area contributed by atoms with Crippen molar-refractivity contribution < 1.29 is 9.59 Å². The molecule has 0 saturated carbocycles. The standard InChI is InChI=1S/C20H23ClN4O2/c1-24(2)18-8-7-17(13-22-18)23-19(26)14-9-11-25(12-10-14)20(27)15-3-5-16(21)6-4-15/h3-8,13-14H,9-12H2,1-2H3,(H,23,26). The van der Waals surface area contributed by atoms with Crippen molar-refractivity contribution in [2.45, 2.75) is 12.8 Å². The first-order valence-electron chi connectivity index (χ1n) is 8.93. The van der Waals surface area contributed by atoms with Gasteiger partial charge in [-0.3, -0.25) is 9.59 Å². The van der Waals surface area contributed by atoms with E-state index in [1.165, 1.54) is 0 Å². The van der Waals surface area contributed by atoms with Gasteiger partial charge in [0.25, 0.3) is 5.91 Å². The van der Waals surface area contributed by atoms with Gasteiger partial charge in [-0.25, -0.2) is 4.98 Å². The fourth-order valence-corrected chi connectivity index (χ4v) is 3.21. The van der Waals surface area contributed by atoms with E-state index in [0.717, 1.165) is 5.82 Å². The molecular formula is C20H23ClN4O2. The molecule has 0 spiro atoms. The van der Waals surface area contributed by atoms with E-state index in [9.17, 15) is 9.59 Å². The predicted octanol–water partition coefficient (Wildman–Crippen LogP) is 3.29. The number of carbonyl (C=O) groups excluding carboxylic acids is 2. The van der Waals surface area contributed by atoms with Gasteiger partial charge in [-0.15, -0.1) is 0 Å². The van der Waals surface area contributed by atoms with Crippen LogP contribution in [0.3, 0.4) is 0 Å². The molecule has 1 aliphatic heterocycles. The number of hydrogen-bond donors (Lipinski definition) is 1. The van der Waals surface area contributed by atoms with Gasteiger partial charge in [-0.1, -0.05) is 11.6 Å². The molecule has 1 aliphatic rings. The normalized spacial score (nSPS) is 14.7. The molecule has 0 bridgehead atoms. The summed E-state index contributed by atoms with van der Waals surface area (Å²) in [5.41, 5.74) is 1.31. The fraction of sp³-hybridized carbons (Fsp3) is 0.350. The molecule has 2 amide bonds. The zero-order valence-electron chi connectivity index (χ0n) is 15.5. The van der Waals surface area contributed by atoms with Crippen LogP contribution in [-0.2, 0) is 4.79 Å². The number of nitrogens with one attached hydrogen (secondary N) is 1. The van der Waals surface area contributed by atoms with Crippen molar-refractivity contribution in [2.75, 3.05) is 37.4 Å². The van der Waals surface area contributed by atoms with Crippen LogP contribution in [0.25, 0.3) is 0 Å². The molecule has 7 heteroatoms. The Morgan fingerprint density at radius 2 is 1.78 bits per heavy atom. The molecule has 1 aromatic heterocycles. The van der Waals surface area contributed by atoms with Crippen molar-refractivity contribution >= 4 is 34.9 Å². The van der Waals surface area contributed by atoms with Gasteiger partial charge in [0.2, 0.25) is 5.91 Å². The van der Waals surface area contributed by atoms with Crippen LogP contribution in [0, 0.1) is 5.92 Å². The summed E-state index contributed by atoms with van der Waals surface area (Å²) >= 11 is 5.87. The van der Waals surface area contributed by atoms with Crippen molar-refractivity contribution in [3.63, 3.8) is 0 Å². The quantitative estimate of drug-likeness (QED) is 0.875. The summed E-state index contributed by atoms with van der Waals surface area (Å²) in [6.07, 6.45) is 2.95. The van der Waals surface area contributed by atoms with Gasteiger partial charge in [0.05, 0.1) is 11.9 Å². The van der Waals surface area contributed by atoms with E-state index in [-0.39, 0.29) is 17.7 Å². The van der Waals surface area contributed by atoms with E-state index in [2.05, 4.69) is 10.3 Å². The summed E-state index contributed by atoms with van der Waals surface area (Å²) < 4.78 is 0. The molecule has 1 N–H and O–H groups in total. The van der Waals surface area contributed by atoms with Gasteiger partial charge in [0, 0.05) is 43.7 Å². The Kier molecular flexibility index (Phi) is 5.96. The third kappa shape index (κ3) is 4.77. The molecule has 0 aliphatic carbocycles. The first-order valence-corrected chi connectivity index (χ1v) is 9.31. The van der Waals surface area contributed by atoms with Crippen LogP contribution < -0.4 is 10.2 Å². The minimum Gasteiger partial charge on any atom is -0.363 e. The maximum absolute atomic E-state index is 12.5. The third-order valence-electron chi connectivity index (χ3n) is 4.72. The predicted molar refractivity (Wildman–Crippen MR) is 107 cm³/mol. The van der Waals surface area contributed by atoms with Crippen molar-refractivity contribution in [1.82, 2.24) is 9.88 Å². The lowest BCUT2D eigenvalue weighted by molar-refractivity contribution is -0.121. The highest BCUT2D eigenvalue weighted by molar-refractivity contribution is 6.30. The van der Waals surface area contributed by atoms with Gasteiger partial charge in [-0.2, -0.15) is 0 Å². The van der Waals surface area contributed by atoms with Crippen molar-refractivity contribution in [3.8, 4) is 0 Å². The molecule has 2 aromatic rings. The molecule has 142 valence electrons. The summed E-state index contributed by atoms with van der Waals surface area (Å²) in [4.78, 5) is 33.0. The minimum atomic E-state index is -0.104. The summed E-state index contributed by atoms with van der Waals surface area (Å²) in [6.45, 7) is 1.13. The summed E-state index contributed by atoms with van der Waals surface area (Å²) in [7, 11) is 3.83. The molecule has 6 nitrogen and oxygen atoms in total. The number of aromatic nitrogens is 1. The Hall–Kier alpha value is -2.60. The minimum absolute atomic E-state index is 0.0194. The van der Waals surface area contributed by atoms with Gasteiger partial charge in [0.1, 0.15) is 5.82 Å². The third-order valence-corrected chi connectivity index (χ3v) is 4.97. The Labute approximate surface area is 164 Å². The largest absolute Gasteiger partial charge is 0.363 e. The molecular weight excluding hydrogens is 364 g/mol. The van der Waals surface area contributed by atoms with E-state index >= 15 is 0 Å². The van der Waals surface area contributed by atoms with Crippen molar-refractivity contribution in [1.29, 1.82) is 0 Å². The number of likely N-dealkylation sites (tertiary alicyclic amines) is 1. The first-order chi connectivity index (χ1) is 12.9. The van der Waals surface area contributed by atoms with Gasteiger partial charge in [0.15, 0.2) is 0 Å². The molecule has 1 saturated heterocycles. The number of halogens is 1. The maximum atomic E-state index is 12.5. The van der Waals surface area contributed by atoms with Crippen molar-refractivity contribution in [2.24, 2.45) is 5.92 Å². The maximum Gasteiger partial charge on any atom is 0.253 e. The molecule has 27 heavy (non-hydrogen) atoms. The molecule has 0 radical (unpaired) electrons. The van der Waals surface area contributed by atoms with Crippen molar-refractivity contribution in [3.05, 3.63) is 53.2 Å². The zero-order valence-corrected chi connectivity index (χ0v) is 16.2. The van der Waals surface area contributed by atoms with Gasteiger partial charge in [-0.05, 0) is 49.2 Å². The lowest BCUT2D eigenvalue weighted by Gasteiger charge is -2.31. The van der Waals surface area contributed by atoms with Gasteiger partial charge >= 0.3 is 0 Å². The van der Waals surface area contributed by atoms with Crippen LogP contribution in [0.4, 0.5) is 11.5 Å². The number of anilines is 2. The highest BCUT2D eigenvalue weighted by atomic mass is 35.5. The van der Waals surface area contributed by atoms with E-state index in [0.29, 0.717) is 42.2 Å². The SMILES string of the molecule is CN(C)c1ccc(NC(=O)C2CCN(C(=O)c3ccc(Cl)cc3)CC2)cn1. The average Bonchev–Trinajstić information content (AvgIpc) is 2.68. The summed E-state index contributed by atoms with van der Waals surface area (Å²) in [6, 6.07) is 10.6. The number of pyridine rings is 1. The van der Waals surface area contributed by atoms with Crippen LogP contribution in [0.1, 0.15) is 23.2 Å². The Morgan fingerprint density at radius 3 is 2.33 bits per heavy atom. The number of benzene rings is 1. The van der Waals surface area contributed by atoms with E-state index in [1.54, 1.807) is 35.4 Å². The van der Waals surface area contributed by atoms with E-state index in [1.807, 2.05) is 31.1 Å². The number of carbonyl (C=O) groups is 2. The topological polar surface area (TPSA) is 65.5 Å². The molecule has 2 heterocycles. The van der Waals surface area contributed by atoms with Crippen LogP contribution >= 0.6 is 11.6 Å². The van der Waals surface area contributed by atoms with Crippen LogP contribution in [0.2, 0.25) is 5.02 Å². The highest BCUT2D eigenvalue weighted by Crippen LogP contribution is 2.22. The lowest BCUT2D eigenvalue weighted by atomic mass is 9.95. The van der Waals surface area contributed by atoms with Crippen LogP contribution in [0.5, 0.6) is 0 Å². The molecule has 1 fully saturated rings. The Bertz CT molecular complexity index is 798. The Balaban J connectivity index is 1.53. The second-order valence-corrected chi connectivity index (χ2v) is 7.30. The highest BCUT2D eigenvalue weighted by Gasteiger charge is 2.28. The second-order valence-electron chi connectivity index (χ2n) is 6.86. The molecule has 1 aromatic carbocycles. The number of amides is 2. The summed E-state index contributed by atoms with van der Waals surface area (Å²) in [5, 5.41) is 3.53. The van der Waals surface area contributed by atoms with E-state index < -0.39 is 0 Å². The number of nitrogens with zero attached hydrogens (tertiary/aromatic N) is 3. The van der Waals surface area contributed by atoms with Crippen LogP contribution in [0.15, 0.2) is 42.6 Å². The number of piperidine rings is 1. The summed E-state index contributed by atoms with van der Waals surface area (Å²) in [5.74, 6) is 0.691. The monoisotopic (exact) mass is 386 g/mol. The Morgan fingerprint density at radius 1 is 1.11 bits per heavy atom. The van der Waals surface area contributed by atoms with Crippen LogP contribution in [-0.4, -0.2) is 48.9 Å². The molecule has 3 rings (SSSR count).